The van der Waals surface area contributed by atoms with Crippen molar-refractivity contribution in [3.8, 4) is 11.5 Å². The van der Waals surface area contributed by atoms with Crippen LogP contribution >= 0.6 is 0 Å². The molecule has 0 aliphatic carbocycles. The van der Waals surface area contributed by atoms with E-state index in [4.69, 9.17) is 9.47 Å². The molecule has 76 valence electrons. The average Bonchev–Trinajstić information content (AvgIpc) is 2.19. The highest BCUT2D eigenvalue weighted by Crippen LogP contribution is 2.27. The summed E-state index contributed by atoms with van der Waals surface area (Å²) in [4.78, 5) is 10.4. The van der Waals surface area contributed by atoms with Gasteiger partial charge in [0.25, 0.3) is 0 Å². The van der Waals surface area contributed by atoms with E-state index in [1.165, 1.54) is 13.2 Å². The first-order valence-electron chi connectivity index (χ1n) is 4.15. The first-order chi connectivity index (χ1) is 6.79. The molecule has 1 rings (SSSR count). The molecule has 0 aromatic heterocycles. The molecule has 0 bridgehead atoms. The van der Waals surface area contributed by atoms with E-state index in [0.717, 1.165) is 0 Å². The molecule has 0 heterocycles. The number of phenolic OH excluding ortho intramolecular Hbond substituents is 1. The van der Waals surface area contributed by atoms with Crippen molar-refractivity contribution in [2.75, 3.05) is 13.9 Å². The fourth-order valence-electron chi connectivity index (χ4n) is 1.10. The topological polar surface area (TPSA) is 55.8 Å². The molecule has 0 aliphatic heterocycles. The van der Waals surface area contributed by atoms with Gasteiger partial charge in [0.05, 0.1) is 0 Å². The summed E-state index contributed by atoms with van der Waals surface area (Å²) in [6, 6.07) is 4.84. The van der Waals surface area contributed by atoms with Crippen molar-refractivity contribution in [3.63, 3.8) is 0 Å². The van der Waals surface area contributed by atoms with Crippen LogP contribution in [0, 0.1) is 0 Å². The molecule has 0 radical (unpaired) electrons. The molecule has 0 saturated heterocycles. The second-order valence-electron chi connectivity index (χ2n) is 2.68. The SMILES string of the molecule is COCOc1cccc(O)c1CC=O. The summed E-state index contributed by atoms with van der Waals surface area (Å²) in [5, 5.41) is 9.44. The molecule has 0 spiro atoms. The number of aromatic hydroxyl groups is 1. The Bertz CT molecular complexity index is 309. The number of benzene rings is 1. The van der Waals surface area contributed by atoms with E-state index in [2.05, 4.69) is 0 Å². The molecular weight excluding hydrogens is 184 g/mol. The van der Waals surface area contributed by atoms with Crippen LogP contribution in [0.15, 0.2) is 18.2 Å². The Balaban J connectivity index is 2.89. The lowest BCUT2D eigenvalue weighted by molar-refractivity contribution is -0.107. The lowest BCUT2D eigenvalue weighted by atomic mass is 10.1. The summed E-state index contributed by atoms with van der Waals surface area (Å²) in [7, 11) is 1.50. The Morgan fingerprint density at radius 2 is 2.29 bits per heavy atom. The van der Waals surface area contributed by atoms with Crippen LogP contribution in [-0.2, 0) is 16.0 Å². The third-order valence-corrected chi connectivity index (χ3v) is 1.73. The molecule has 1 aromatic rings. The number of methoxy groups -OCH3 is 1. The molecule has 4 nitrogen and oxygen atoms in total. The number of hydrogen-bond donors (Lipinski definition) is 1. The zero-order valence-corrected chi connectivity index (χ0v) is 7.90. The van der Waals surface area contributed by atoms with Crippen molar-refractivity contribution in [3.05, 3.63) is 23.8 Å². The minimum atomic E-state index is 0.0608. The molecule has 0 atom stereocenters. The van der Waals surface area contributed by atoms with Crippen molar-refractivity contribution < 1.29 is 19.4 Å². The van der Waals surface area contributed by atoms with Crippen LogP contribution < -0.4 is 4.74 Å². The maximum absolute atomic E-state index is 10.4. The number of aldehydes is 1. The minimum absolute atomic E-state index is 0.0608. The molecule has 14 heavy (non-hydrogen) atoms. The lowest BCUT2D eigenvalue weighted by Gasteiger charge is -2.09. The van der Waals surface area contributed by atoms with Gasteiger partial charge in [0.15, 0.2) is 6.79 Å². The second-order valence-corrected chi connectivity index (χ2v) is 2.68. The Kier molecular flexibility index (Phi) is 3.94. The third kappa shape index (κ3) is 2.47. The summed E-state index contributed by atoms with van der Waals surface area (Å²) < 4.78 is 9.91. The summed E-state index contributed by atoms with van der Waals surface area (Å²) >= 11 is 0. The highest BCUT2D eigenvalue weighted by Gasteiger charge is 2.07. The molecule has 4 heteroatoms. The maximum Gasteiger partial charge on any atom is 0.188 e. The molecule has 0 unspecified atom stereocenters. The Hall–Kier alpha value is -1.55. The van der Waals surface area contributed by atoms with Crippen LogP contribution in [0.25, 0.3) is 0 Å². The van der Waals surface area contributed by atoms with Gasteiger partial charge in [-0.2, -0.15) is 0 Å². The smallest absolute Gasteiger partial charge is 0.188 e. The Morgan fingerprint density at radius 1 is 1.50 bits per heavy atom. The number of carbonyl (C=O) groups is 1. The van der Waals surface area contributed by atoms with Gasteiger partial charge in [-0.3, -0.25) is 0 Å². The normalized spacial score (nSPS) is 9.79. The Labute approximate surface area is 82.1 Å². The highest BCUT2D eigenvalue weighted by atomic mass is 16.7. The van der Waals surface area contributed by atoms with Crippen molar-refractivity contribution in [1.82, 2.24) is 0 Å². The predicted octanol–water partition coefficient (Wildman–Crippen LogP) is 1.12. The average molecular weight is 196 g/mol. The number of carbonyl (C=O) groups excluding carboxylic acids is 1. The van der Waals surface area contributed by atoms with E-state index >= 15 is 0 Å². The molecule has 1 aromatic carbocycles. The quantitative estimate of drug-likeness (QED) is 0.566. The van der Waals surface area contributed by atoms with E-state index in [1.807, 2.05) is 0 Å². The monoisotopic (exact) mass is 196 g/mol. The van der Waals surface area contributed by atoms with Gasteiger partial charge < -0.3 is 19.4 Å². The molecular formula is C10H12O4. The summed E-state index contributed by atoms with van der Waals surface area (Å²) in [6.07, 6.45) is 0.848. The van der Waals surface area contributed by atoms with Gasteiger partial charge in [0.1, 0.15) is 17.8 Å². The molecule has 0 aliphatic rings. The van der Waals surface area contributed by atoms with Crippen molar-refractivity contribution >= 4 is 6.29 Å². The zero-order chi connectivity index (χ0) is 10.4. The van der Waals surface area contributed by atoms with Gasteiger partial charge in [-0.05, 0) is 12.1 Å². The van der Waals surface area contributed by atoms with E-state index in [9.17, 15) is 9.90 Å². The van der Waals surface area contributed by atoms with Crippen LogP contribution in [0.4, 0.5) is 0 Å². The fourth-order valence-corrected chi connectivity index (χ4v) is 1.10. The van der Waals surface area contributed by atoms with Crippen LogP contribution in [0.1, 0.15) is 5.56 Å². The number of phenols is 1. The minimum Gasteiger partial charge on any atom is -0.508 e. The number of hydrogen-bond acceptors (Lipinski definition) is 4. The van der Waals surface area contributed by atoms with Crippen LogP contribution in [0.2, 0.25) is 0 Å². The first-order valence-corrected chi connectivity index (χ1v) is 4.15. The van der Waals surface area contributed by atoms with Crippen molar-refractivity contribution in [2.45, 2.75) is 6.42 Å². The van der Waals surface area contributed by atoms with Crippen molar-refractivity contribution in [1.29, 1.82) is 0 Å². The molecule has 1 N–H and O–H groups in total. The van der Waals surface area contributed by atoms with Crippen LogP contribution in [0.5, 0.6) is 11.5 Å². The summed E-state index contributed by atoms with van der Waals surface area (Å²) in [5.41, 5.74) is 0.486. The standard InChI is InChI=1S/C10H12O4/c1-13-7-14-10-4-2-3-9(12)8(10)5-6-11/h2-4,6,12H,5,7H2,1H3. The van der Waals surface area contributed by atoms with Crippen LogP contribution in [0.3, 0.4) is 0 Å². The number of ether oxygens (including phenoxy) is 2. The van der Waals surface area contributed by atoms with Gasteiger partial charge in [-0.25, -0.2) is 0 Å². The zero-order valence-electron chi connectivity index (χ0n) is 7.90. The van der Waals surface area contributed by atoms with E-state index < -0.39 is 0 Å². The van der Waals surface area contributed by atoms with Gasteiger partial charge in [-0.1, -0.05) is 6.07 Å². The summed E-state index contributed by atoms with van der Waals surface area (Å²) in [5.74, 6) is 0.532. The van der Waals surface area contributed by atoms with Gasteiger partial charge in [-0.15, -0.1) is 0 Å². The Morgan fingerprint density at radius 3 is 2.93 bits per heavy atom. The van der Waals surface area contributed by atoms with Gasteiger partial charge in [0.2, 0.25) is 0 Å². The van der Waals surface area contributed by atoms with Crippen molar-refractivity contribution in [2.24, 2.45) is 0 Å². The maximum atomic E-state index is 10.4. The lowest BCUT2D eigenvalue weighted by Crippen LogP contribution is -2.02. The number of rotatable bonds is 5. The largest absolute Gasteiger partial charge is 0.508 e. The van der Waals surface area contributed by atoms with E-state index in [-0.39, 0.29) is 19.0 Å². The predicted molar refractivity (Wildman–Crippen MR) is 50.4 cm³/mol. The van der Waals surface area contributed by atoms with Gasteiger partial charge in [0, 0.05) is 19.1 Å². The summed E-state index contributed by atoms with van der Waals surface area (Å²) in [6.45, 7) is 0.0926. The van der Waals surface area contributed by atoms with E-state index in [0.29, 0.717) is 17.6 Å². The second kappa shape index (κ2) is 5.24. The highest BCUT2D eigenvalue weighted by molar-refractivity contribution is 5.60. The fraction of sp³-hybridized carbons (Fsp3) is 0.300. The first kappa shape index (κ1) is 10.5. The third-order valence-electron chi connectivity index (χ3n) is 1.73. The molecule has 0 amide bonds. The molecule has 0 fully saturated rings. The van der Waals surface area contributed by atoms with Crippen LogP contribution in [-0.4, -0.2) is 25.3 Å². The van der Waals surface area contributed by atoms with E-state index in [1.54, 1.807) is 12.1 Å². The van der Waals surface area contributed by atoms with Gasteiger partial charge >= 0.3 is 0 Å². The molecule has 0 saturated carbocycles.